The largest absolute Gasteiger partial charge is 0.488 e. The second kappa shape index (κ2) is 8.98. The van der Waals surface area contributed by atoms with Crippen molar-refractivity contribution in [3.8, 4) is 5.75 Å². The lowest BCUT2D eigenvalue weighted by molar-refractivity contribution is -0.0653. The summed E-state index contributed by atoms with van der Waals surface area (Å²) in [5, 5.41) is 0. The van der Waals surface area contributed by atoms with E-state index in [2.05, 4.69) is 62.3 Å². The SMILES string of the molecule is CCC(C)(COC(C)(C)C)CC(C)(C)CC(C)(C)Oc1ccc(C(C)=O)cc1. The van der Waals surface area contributed by atoms with Crippen LogP contribution >= 0.6 is 0 Å². The quantitative estimate of drug-likeness (QED) is 0.400. The van der Waals surface area contributed by atoms with Gasteiger partial charge in [0.25, 0.3) is 0 Å². The molecule has 0 fully saturated rings. The van der Waals surface area contributed by atoms with Crippen molar-refractivity contribution in [2.24, 2.45) is 10.8 Å². The van der Waals surface area contributed by atoms with Crippen LogP contribution in [0.25, 0.3) is 0 Å². The molecule has 0 saturated heterocycles. The van der Waals surface area contributed by atoms with Gasteiger partial charge in [0.2, 0.25) is 0 Å². The summed E-state index contributed by atoms with van der Waals surface area (Å²) < 4.78 is 12.4. The Morgan fingerprint density at radius 2 is 1.43 bits per heavy atom. The first-order valence-electron chi connectivity index (χ1n) is 10.5. The molecule has 3 heteroatoms. The topological polar surface area (TPSA) is 35.5 Å². The number of benzene rings is 1. The lowest BCUT2D eigenvalue weighted by Crippen LogP contribution is -2.39. The molecule has 0 radical (unpaired) electrons. The van der Waals surface area contributed by atoms with Gasteiger partial charge in [0.1, 0.15) is 11.4 Å². The molecule has 160 valence electrons. The fourth-order valence-electron chi connectivity index (χ4n) is 4.15. The first-order valence-corrected chi connectivity index (χ1v) is 10.5. The van der Waals surface area contributed by atoms with Crippen molar-refractivity contribution in [1.29, 1.82) is 0 Å². The van der Waals surface area contributed by atoms with Gasteiger partial charge in [-0.25, -0.2) is 0 Å². The molecular weight excluding hydrogens is 348 g/mol. The molecule has 0 N–H and O–H groups in total. The van der Waals surface area contributed by atoms with E-state index < -0.39 is 0 Å². The molecule has 0 amide bonds. The van der Waals surface area contributed by atoms with Crippen molar-refractivity contribution in [2.75, 3.05) is 6.61 Å². The smallest absolute Gasteiger partial charge is 0.159 e. The van der Waals surface area contributed by atoms with E-state index in [1.165, 1.54) is 0 Å². The molecule has 0 heterocycles. The zero-order valence-electron chi connectivity index (χ0n) is 19.9. The highest BCUT2D eigenvalue weighted by molar-refractivity contribution is 5.94. The highest BCUT2D eigenvalue weighted by atomic mass is 16.5. The number of Topliss-reactive ketones (excluding diaryl/α,β-unsaturated/α-hetero) is 1. The third-order valence-corrected chi connectivity index (χ3v) is 5.17. The molecule has 0 aliphatic carbocycles. The zero-order chi connectivity index (χ0) is 21.8. The van der Waals surface area contributed by atoms with Crippen molar-refractivity contribution in [1.82, 2.24) is 0 Å². The van der Waals surface area contributed by atoms with Crippen LogP contribution in [0.4, 0.5) is 0 Å². The van der Waals surface area contributed by atoms with E-state index in [-0.39, 0.29) is 27.8 Å². The fourth-order valence-corrected chi connectivity index (χ4v) is 4.15. The number of carbonyl (C=O) groups excluding carboxylic acids is 1. The normalized spacial score (nSPS) is 15.2. The maximum absolute atomic E-state index is 11.5. The van der Waals surface area contributed by atoms with Crippen LogP contribution in [0.15, 0.2) is 24.3 Å². The summed E-state index contributed by atoms with van der Waals surface area (Å²) in [6, 6.07) is 7.44. The van der Waals surface area contributed by atoms with Crippen LogP contribution in [0.2, 0.25) is 0 Å². The van der Waals surface area contributed by atoms with Crippen molar-refractivity contribution in [3.63, 3.8) is 0 Å². The fraction of sp³-hybridized carbons (Fsp3) is 0.720. The maximum atomic E-state index is 11.5. The predicted octanol–water partition coefficient (Wildman–Crippen LogP) is 7.08. The molecule has 0 aromatic heterocycles. The average molecular weight is 391 g/mol. The van der Waals surface area contributed by atoms with Gasteiger partial charge in [0.15, 0.2) is 5.78 Å². The zero-order valence-corrected chi connectivity index (χ0v) is 19.9. The molecule has 1 atom stereocenters. The Morgan fingerprint density at radius 1 is 0.893 bits per heavy atom. The Balaban J connectivity index is 2.79. The molecule has 1 unspecified atom stereocenters. The summed E-state index contributed by atoms with van der Waals surface area (Å²) in [4.78, 5) is 11.5. The molecule has 0 bridgehead atoms. The number of hydrogen-bond acceptors (Lipinski definition) is 3. The van der Waals surface area contributed by atoms with Crippen molar-refractivity contribution < 1.29 is 14.3 Å². The number of hydrogen-bond donors (Lipinski definition) is 0. The first kappa shape index (κ1) is 24.7. The van der Waals surface area contributed by atoms with Crippen LogP contribution in [0.1, 0.15) is 98.9 Å². The standard InChI is InChI=1S/C25H42O3/c1-11-25(10,18-27-22(3,4)5)17-23(6,7)16-24(8,9)28-21-14-12-20(13-15-21)19(2)26/h12-15H,11,16-18H2,1-10H3. The van der Waals surface area contributed by atoms with E-state index in [1.807, 2.05) is 24.3 Å². The van der Waals surface area contributed by atoms with Gasteiger partial charge in [-0.15, -0.1) is 0 Å². The monoisotopic (exact) mass is 390 g/mol. The summed E-state index contributed by atoms with van der Waals surface area (Å²) in [6.45, 7) is 22.2. The highest BCUT2D eigenvalue weighted by Crippen LogP contribution is 2.42. The summed E-state index contributed by atoms with van der Waals surface area (Å²) in [7, 11) is 0. The third-order valence-electron chi connectivity index (χ3n) is 5.17. The van der Waals surface area contributed by atoms with Crippen LogP contribution in [0.3, 0.4) is 0 Å². The van der Waals surface area contributed by atoms with E-state index in [0.29, 0.717) is 5.56 Å². The molecule has 0 spiro atoms. The summed E-state index contributed by atoms with van der Waals surface area (Å²) >= 11 is 0. The Morgan fingerprint density at radius 3 is 1.86 bits per heavy atom. The number of rotatable bonds is 10. The molecule has 1 aromatic carbocycles. The Labute approximate surface area is 173 Å². The van der Waals surface area contributed by atoms with Crippen LogP contribution in [0.5, 0.6) is 5.75 Å². The number of carbonyl (C=O) groups is 1. The van der Waals surface area contributed by atoms with Crippen LogP contribution < -0.4 is 4.74 Å². The second-order valence-electron chi connectivity index (χ2n) is 11.0. The lowest BCUT2D eigenvalue weighted by Gasteiger charge is -2.42. The Kier molecular flexibility index (Phi) is 7.92. The second-order valence-corrected chi connectivity index (χ2v) is 11.0. The molecule has 3 nitrogen and oxygen atoms in total. The molecule has 0 aliphatic rings. The Bertz CT molecular complexity index is 635. The van der Waals surface area contributed by atoms with Gasteiger partial charge in [0, 0.05) is 5.56 Å². The lowest BCUT2D eigenvalue weighted by atomic mass is 9.69. The van der Waals surface area contributed by atoms with E-state index >= 15 is 0 Å². The minimum absolute atomic E-state index is 0.0725. The van der Waals surface area contributed by atoms with Crippen molar-refractivity contribution >= 4 is 5.78 Å². The maximum Gasteiger partial charge on any atom is 0.159 e. The van der Waals surface area contributed by atoms with E-state index in [1.54, 1.807) is 6.92 Å². The van der Waals surface area contributed by atoms with E-state index in [0.717, 1.165) is 31.6 Å². The number of ether oxygens (including phenoxy) is 2. The molecular formula is C25H42O3. The molecule has 28 heavy (non-hydrogen) atoms. The number of ketones is 1. The van der Waals surface area contributed by atoms with Crippen LogP contribution in [0, 0.1) is 10.8 Å². The van der Waals surface area contributed by atoms with Crippen LogP contribution in [-0.2, 0) is 4.74 Å². The van der Waals surface area contributed by atoms with Gasteiger partial charge in [-0.3, -0.25) is 4.79 Å². The summed E-state index contributed by atoms with van der Waals surface area (Å²) in [5.74, 6) is 0.878. The molecule has 1 rings (SSSR count). The summed E-state index contributed by atoms with van der Waals surface area (Å²) in [6.07, 6.45) is 3.09. The minimum atomic E-state index is -0.305. The average Bonchev–Trinajstić information content (AvgIpc) is 2.50. The van der Waals surface area contributed by atoms with E-state index in [9.17, 15) is 4.79 Å². The van der Waals surface area contributed by atoms with E-state index in [4.69, 9.17) is 9.47 Å². The van der Waals surface area contributed by atoms with Gasteiger partial charge in [-0.1, -0.05) is 27.7 Å². The van der Waals surface area contributed by atoms with Crippen molar-refractivity contribution in [2.45, 2.75) is 99.7 Å². The van der Waals surface area contributed by atoms with Crippen molar-refractivity contribution in [3.05, 3.63) is 29.8 Å². The first-order chi connectivity index (χ1) is 12.6. The third kappa shape index (κ3) is 8.77. The molecule has 1 aromatic rings. The summed E-state index contributed by atoms with van der Waals surface area (Å²) in [5.41, 5.74) is 0.531. The van der Waals surface area contributed by atoms with Gasteiger partial charge >= 0.3 is 0 Å². The molecule has 0 saturated carbocycles. The van der Waals surface area contributed by atoms with Gasteiger partial charge in [-0.2, -0.15) is 0 Å². The van der Waals surface area contributed by atoms with Gasteiger partial charge in [-0.05, 0) is 95.9 Å². The van der Waals surface area contributed by atoms with Crippen LogP contribution in [-0.4, -0.2) is 23.6 Å². The van der Waals surface area contributed by atoms with Gasteiger partial charge in [0.05, 0.1) is 12.2 Å². The Hall–Kier alpha value is -1.35. The molecule has 0 aliphatic heterocycles. The minimum Gasteiger partial charge on any atom is -0.488 e. The van der Waals surface area contributed by atoms with Gasteiger partial charge < -0.3 is 9.47 Å². The predicted molar refractivity (Wildman–Crippen MR) is 118 cm³/mol. The highest BCUT2D eigenvalue weighted by Gasteiger charge is 2.37.